The Labute approximate surface area is 163 Å². The van der Waals surface area contributed by atoms with Crippen LogP contribution in [-0.2, 0) is 14.8 Å². The first-order valence-electron chi connectivity index (χ1n) is 8.47. The van der Waals surface area contributed by atoms with Crippen molar-refractivity contribution in [3.8, 4) is 0 Å². The lowest BCUT2D eigenvalue weighted by atomic mass is 10.1. The molecular weight excluding hydrogens is 384 g/mol. The Bertz CT molecular complexity index is 1000. The molecule has 142 valence electrons. The van der Waals surface area contributed by atoms with E-state index in [1.165, 1.54) is 32.0 Å². The van der Waals surface area contributed by atoms with Crippen molar-refractivity contribution in [2.45, 2.75) is 30.1 Å². The Hall–Kier alpha value is -2.32. The largest absolute Gasteiger partial charge is 0.311 e. The van der Waals surface area contributed by atoms with Crippen LogP contribution in [0.1, 0.15) is 30.6 Å². The van der Waals surface area contributed by atoms with Gasteiger partial charge >= 0.3 is 0 Å². The molecule has 0 bridgehead atoms. The number of hydrogen-bond donors (Lipinski definition) is 1. The van der Waals surface area contributed by atoms with Crippen LogP contribution in [0.15, 0.2) is 52.3 Å². The molecule has 1 aliphatic heterocycles. The highest BCUT2D eigenvalue weighted by molar-refractivity contribution is 7.99. The maximum Gasteiger partial charge on any atom is 0.261 e. The van der Waals surface area contributed by atoms with Crippen molar-refractivity contribution < 1.29 is 18.0 Å². The van der Waals surface area contributed by atoms with E-state index in [-0.39, 0.29) is 16.6 Å². The van der Waals surface area contributed by atoms with E-state index < -0.39 is 10.0 Å². The summed E-state index contributed by atoms with van der Waals surface area (Å²) in [6, 6.07) is 11.1. The summed E-state index contributed by atoms with van der Waals surface area (Å²) in [6.45, 7) is 3.47. The van der Waals surface area contributed by atoms with Gasteiger partial charge in [-0.2, -0.15) is 0 Å². The number of Topliss-reactive ketones (excluding diaryl/α,β-unsaturated/α-hetero) is 1. The number of anilines is 2. The second kappa shape index (κ2) is 7.74. The number of fused-ring (bicyclic) bond motifs is 1. The average Bonchev–Trinajstić information content (AvgIpc) is 2.83. The number of nitrogens with zero attached hydrogens (tertiary/aromatic N) is 1. The lowest BCUT2D eigenvalue weighted by molar-refractivity contribution is -0.116. The van der Waals surface area contributed by atoms with E-state index in [1.54, 1.807) is 40.9 Å². The van der Waals surface area contributed by atoms with E-state index in [1.807, 2.05) is 0 Å². The Morgan fingerprint density at radius 3 is 2.59 bits per heavy atom. The molecule has 2 aromatic rings. The van der Waals surface area contributed by atoms with Crippen LogP contribution in [-0.4, -0.2) is 32.4 Å². The van der Waals surface area contributed by atoms with E-state index >= 15 is 0 Å². The zero-order chi connectivity index (χ0) is 19.6. The van der Waals surface area contributed by atoms with Crippen LogP contribution in [0.5, 0.6) is 0 Å². The third-order valence-corrected chi connectivity index (χ3v) is 6.74. The molecule has 27 heavy (non-hydrogen) atoms. The Balaban J connectivity index is 1.97. The third-order valence-electron chi connectivity index (χ3n) is 4.22. The molecule has 0 spiro atoms. The van der Waals surface area contributed by atoms with E-state index in [0.29, 0.717) is 23.5 Å². The molecule has 0 aromatic heterocycles. The van der Waals surface area contributed by atoms with Gasteiger partial charge in [-0.05, 0) is 49.4 Å². The van der Waals surface area contributed by atoms with Crippen molar-refractivity contribution in [1.82, 2.24) is 0 Å². The Kier molecular flexibility index (Phi) is 5.57. The highest BCUT2D eigenvalue weighted by Crippen LogP contribution is 2.36. The van der Waals surface area contributed by atoms with E-state index in [4.69, 9.17) is 0 Å². The van der Waals surface area contributed by atoms with Crippen LogP contribution >= 0.6 is 11.8 Å². The fourth-order valence-electron chi connectivity index (χ4n) is 2.87. The molecule has 8 heteroatoms. The van der Waals surface area contributed by atoms with E-state index in [2.05, 4.69) is 4.72 Å². The lowest BCUT2D eigenvalue weighted by Gasteiger charge is -2.21. The van der Waals surface area contributed by atoms with Crippen molar-refractivity contribution in [3.05, 3.63) is 48.0 Å². The highest BCUT2D eigenvalue weighted by atomic mass is 32.2. The Morgan fingerprint density at radius 1 is 1.11 bits per heavy atom. The van der Waals surface area contributed by atoms with E-state index in [9.17, 15) is 18.0 Å². The van der Waals surface area contributed by atoms with Crippen molar-refractivity contribution in [3.63, 3.8) is 0 Å². The number of carbonyl (C=O) groups excluding carboxylic acids is 2. The first kappa shape index (κ1) is 19.4. The summed E-state index contributed by atoms with van der Waals surface area (Å²) in [5, 5.41) is 0. The number of carbonyl (C=O) groups is 2. The topological polar surface area (TPSA) is 83.6 Å². The quantitative estimate of drug-likeness (QED) is 0.788. The number of thioether (sulfide) groups is 1. The van der Waals surface area contributed by atoms with Gasteiger partial charge < -0.3 is 4.90 Å². The van der Waals surface area contributed by atoms with Gasteiger partial charge in [0.2, 0.25) is 5.91 Å². The third kappa shape index (κ3) is 4.33. The molecule has 0 unspecified atom stereocenters. The molecule has 3 rings (SSSR count). The summed E-state index contributed by atoms with van der Waals surface area (Å²) >= 11 is 1.61. The molecule has 0 fully saturated rings. The summed E-state index contributed by atoms with van der Waals surface area (Å²) in [6.07, 6.45) is 0.844. The minimum absolute atomic E-state index is 0.0724. The number of nitrogens with one attached hydrogen (secondary N) is 1. The van der Waals surface area contributed by atoms with Crippen LogP contribution in [0.3, 0.4) is 0 Å². The Morgan fingerprint density at radius 2 is 1.89 bits per heavy atom. The average molecular weight is 405 g/mol. The first-order chi connectivity index (χ1) is 12.8. The highest BCUT2D eigenvalue weighted by Gasteiger charge is 2.23. The van der Waals surface area contributed by atoms with Gasteiger partial charge in [0.25, 0.3) is 10.0 Å². The number of rotatable bonds is 4. The van der Waals surface area contributed by atoms with Crippen molar-refractivity contribution in [2.24, 2.45) is 0 Å². The monoisotopic (exact) mass is 404 g/mol. The molecule has 1 heterocycles. The summed E-state index contributed by atoms with van der Waals surface area (Å²) in [4.78, 5) is 26.1. The van der Waals surface area contributed by atoms with Crippen LogP contribution in [0, 0.1) is 0 Å². The fourth-order valence-corrected chi connectivity index (χ4v) is 4.91. The zero-order valence-electron chi connectivity index (χ0n) is 15.1. The maximum atomic E-state index is 12.8. The SMILES string of the molecule is CC(=O)c1cccc(NS(=O)(=O)c2ccc3c(c2)N(C(C)=O)CCCS3)c1. The van der Waals surface area contributed by atoms with Gasteiger partial charge in [0.1, 0.15) is 0 Å². The standard InChI is InChI=1S/C19H20N2O4S2/c1-13(22)15-5-3-6-16(11-15)20-27(24,25)17-7-8-19-18(12-17)21(14(2)23)9-4-10-26-19/h3,5-8,11-12,20H,4,9-10H2,1-2H3. The van der Waals surface area contributed by atoms with Crippen molar-refractivity contribution in [1.29, 1.82) is 0 Å². The molecule has 0 saturated heterocycles. The first-order valence-corrected chi connectivity index (χ1v) is 10.9. The summed E-state index contributed by atoms with van der Waals surface area (Å²) in [7, 11) is -3.86. The molecule has 1 aliphatic rings. The summed E-state index contributed by atoms with van der Waals surface area (Å²) in [5.74, 6) is 0.615. The van der Waals surface area contributed by atoms with Crippen LogP contribution in [0.25, 0.3) is 0 Å². The van der Waals surface area contributed by atoms with Gasteiger partial charge in [-0.3, -0.25) is 14.3 Å². The number of hydrogen-bond acceptors (Lipinski definition) is 5. The molecular formula is C19H20N2O4S2. The maximum absolute atomic E-state index is 12.8. The van der Waals surface area contributed by atoms with Gasteiger partial charge in [-0.1, -0.05) is 12.1 Å². The normalized spacial score (nSPS) is 14.2. The molecule has 0 atom stereocenters. The predicted octanol–water partition coefficient (Wildman–Crippen LogP) is 3.54. The van der Waals surface area contributed by atoms with E-state index in [0.717, 1.165) is 17.1 Å². The zero-order valence-corrected chi connectivity index (χ0v) is 16.7. The van der Waals surface area contributed by atoms with Crippen LogP contribution < -0.4 is 9.62 Å². The molecule has 6 nitrogen and oxygen atoms in total. The van der Waals surface area contributed by atoms with Crippen molar-refractivity contribution >= 4 is 44.9 Å². The molecule has 1 amide bonds. The van der Waals surface area contributed by atoms with Gasteiger partial charge in [0, 0.05) is 29.6 Å². The second-order valence-electron chi connectivity index (χ2n) is 6.24. The van der Waals surface area contributed by atoms with Gasteiger partial charge in [0.15, 0.2) is 5.78 Å². The number of ketones is 1. The molecule has 1 N–H and O–H groups in total. The number of benzene rings is 2. The molecule has 2 aromatic carbocycles. The van der Waals surface area contributed by atoms with Crippen molar-refractivity contribution in [2.75, 3.05) is 21.9 Å². The molecule has 0 radical (unpaired) electrons. The lowest BCUT2D eigenvalue weighted by Crippen LogP contribution is -2.29. The number of sulfonamides is 1. The minimum Gasteiger partial charge on any atom is -0.311 e. The fraction of sp³-hybridized carbons (Fsp3) is 0.263. The predicted molar refractivity (Wildman–Crippen MR) is 107 cm³/mol. The smallest absolute Gasteiger partial charge is 0.261 e. The molecule has 0 saturated carbocycles. The van der Waals surface area contributed by atoms with Crippen LogP contribution in [0.2, 0.25) is 0 Å². The van der Waals surface area contributed by atoms with Gasteiger partial charge in [-0.15, -0.1) is 11.8 Å². The van der Waals surface area contributed by atoms with Gasteiger partial charge in [0.05, 0.1) is 10.6 Å². The van der Waals surface area contributed by atoms with Crippen LogP contribution in [0.4, 0.5) is 11.4 Å². The number of amides is 1. The van der Waals surface area contributed by atoms with Gasteiger partial charge in [-0.25, -0.2) is 8.42 Å². The summed E-state index contributed by atoms with van der Waals surface area (Å²) in [5.41, 5.74) is 1.36. The second-order valence-corrected chi connectivity index (χ2v) is 9.06. The minimum atomic E-state index is -3.86. The molecule has 0 aliphatic carbocycles. The summed E-state index contributed by atoms with van der Waals surface area (Å²) < 4.78 is 28.2.